The Morgan fingerprint density at radius 1 is 0.569 bits per heavy atom. The van der Waals surface area contributed by atoms with Gasteiger partial charge < -0.3 is 30.7 Å². The van der Waals surface area contributed by atoms with Gasteiger partial charge in [-0.25, -0.2) is 0 Å². The normalized spacial score (nSPS) is 13.0. The molecule has 12 heteroatoms. The van der Waals surface area contributed by atoms with Gasteiger partial charge in [0, 0.05) is 89.5 Å². The third kappa shape index (κ3) is 9.80. The molecule has 4 aromatic rings. The molecular weight excluding hydrogens is 765 g/mol. The van der Waals surface area contributed by atoms with Crippen LogP contribution in [0.25, 0.3) is 0 Å². The SMILES string of the molecule is C.CNc1c(C)cc(NCCC[N+](C)(C)CCS)c2c1C(=O)c1ccccc1C2=O.Cc1cc(NCCC[N+](C)(C)CCS)c2c(c1N)C(=O)c1ccccc1C2=O. The first-order chi connectivity index (χ1) is 27.1. The summed E-state index contributed by atoms with van der Waals surface area (Å²) in [5.41, 5.74) is 14.0. The van der Waals surface area contributed by atoms with E-state index in [1.807, 2.05) is 26.0 Å². The predicted molar refractivity (Wildman–Crippen MR) is 247 cm³/mol. The van der Waals surface area contributed by atoms with Crippen LogP contribution < -0.4 is 21.7 Å². The van der Waals surface area contributed by atoms with E-state index < -0.39 is 0 Å². The number of thiol groups is 2. The molecule has 0 heterocycles. The standard InChI is InChI=1S/C23H29N3O2S.C22H27N3O2S.CH4/c1-15-14-18(25-10-7-11-26(3,4)12-13-29)19-20(21(15)24-2)23(28)17-9-6-5-8-16(17)22(19)27;1-14-13-17(24-9-6-10-25(2,3)11-12-28)18-19(20(14)23)22(27)16-8-5-4-7-15(16)21(18)26;/h5-6,8-9,14,24-25H,7,10-13H2,1-4H3;4-5,7-8,13,24H,6,9-12,23H2,1-3H3;1H4/p+2. The number of benzene rings is 4. The summed E-state index contributed by atoms with van der Waals surface area (Å²) in [6.45, 7) is 9.31. The fraction of sp³-hybridized carbons (Fsp3) is 0.391. The maximum absolute atomic E-state index is 13.3. The molecule has 5 N–H and O–H groups in total. The third-order valence-corrected chi connectivity index (χ3v) is 11.4. The van der Waals surface area contributed by atoms with Crippen molar-refractivity contribution in [1.82, 2.24) is 0 Å². The number of hydrogen-bond donors (Lipinski definition) is 6. The lowest BCUT2D eigenvalue weighted by Gasteiger charge is -2.29. The Hall–Kier alpha value is -4.62. The number of hydrogen-bond acceptors (Lipinski definition) is 10. The average Bonchev–Trinajstić information content (AvgIpc) is 3.17. The molecule has 6 rings (SSSR count). The lowest BCUT2D eigenvalue weighted by molar-refractivity contribution is -0.887. The number of aryl methyl sites for hydroxylation is 2. The van der Waals surface area contributed by atoms with Gasteiger partial charge in [0.05, 0.1) is 76.6 Å². The lowest BCUT2D eigenvalue weighted by Crippen LogP contribution is -2.42. The minimum atomic E-state index is -0.180. The smallest absolute Gasteiger partial charge is 0.196 e. The minimum absolute atomic E-state index is 0. The first-order valence-electron chi connectivity index (χ1n) is 19.6. The van der Waals surface area contributed by atoms with Crippen LogP contribution in [0, 0.1) is 13.8 Å². The largest absolute Gasteiger partial charge is 0.398 e. The van der Waals surface area contributed by atoms with Crippen molar-refractivity contribution in [1.29, 1.82) is 0 Å². The molecule has 0 saturated heterocycles. The molecule has 0 aromatic heterocycles. The van der Waals surface area contributed by atoms with Crippen molar-refractivity contribution in [2.45, 2.75) is 34.1 Å². The van der Waals surface area contributed by atoms with Crippen LogP contribution >= 0.6 is 25.3 Å². The minimum Gasteiger partial charge on any atom is -0.398 e. The van der Waals surface area contributed by atoms with Gasteiger partial charge in [0.1, 0.15) is 0 Å². The van der Waals surface area contributed by atoms with Crippen LogP contribution in [0.5, 0.6) is 0 Å². The van der Waals surface area contributed by atoms with Crippen molar-refractivity contribution in [3.8, 4) is 0 Å². The fourth-order valence-corrected chi connectivity index (χ4v) is 8.79. The molecule has 0 amide bonds. The molecule has 0 bridgehead atoms. The molecular formula is C46H62N6O4S2+2. The van der Waals surface area contributed by atoms with E-state index in [0.29, 0.717) is 62.4 Å². The van der Waals surface area contributed by atoms with Crippen molar-refractivity contribution in [3.63, 3.8) is 0 Å². The van der Waals surface area contributed by atoms with E-state index in [-0.39, 0.29) is 30.6 Å². The maximum Gasteiger partial charge on any atom is 0.196 e. The van der Waals surface area contributed by atoms with Crippen molar-refractivity contribution < 1.29 is 28.1 Å². The van der Waals surface area contributed by atoms with E-state index in [0.717, 1.165) is 88.5 Å². The van der Waals surface area contributed by atoms with E-state index in [4.69, 9.17) is 5.73 Å². The Balaban J connectivity index is 0.000000252. The molecule has 0 radical (unpaired) electrons. The molecule has 0 unspecified atom stereocenters. The molecule has 4 aromatic carbocycles. The van der Waals surface area contributed by atoms with Crippen LogP contribution in [-0.4, -0.2) is 118 Å². The Morgan fingerprint density at radius 3 is 1.33 bits per heavy atom. The highest BCUT2D eigenvalue weighted by Crippen LogP contribution is 2.39. The summed E-state index contributed by atoms with van der Waals surface area (Å²) in [5.74, 6) is 1.18. The highest BCUT2D eigenvalue weighted by molar-refractivity contribution is 7.80. The summed E-state index contributed by atoms with van der Waals surface area (Å²) in [6, 6.07) is 17.9. The summed E-state index contributed by atoms with van der Waals surface area (Å²) in [6.07, 6.45) is 1.90. The topological polar surface area (TPSA) is 130 Å². The van der Waals surface area contributed by atoms with E-state index in [2.05, 4.69) is 69.4 Å². The Kier molecular flexibility index (Phi) is 15.4. The van der Waals surface area contributed by atoms with Gasteiger partial charge in [-0.05, 0) is 37.1 Å². The molecule has 0 atom stereocenters. The molecule has 58 heavy (non-hydrogen) atoms. The first-order valence-corrected chi connectivity index (χ1v) is 20.8. The number of nitrogen functional groups attached to an aromatic ring is 1. The van der Waals surface area contributed by atoms with E-state index >= 15 is 0 Å². The van der Waals surface area contributed by atoms with Gasteiger partial charge in [-0.2, -0.15) is 25.3 Å². The van der Waals surface area contributed by atoms with Gasteiger partial charge >= 0.3 is 0 Å². The molecule has 0 saturated carbocycles. The number of nitrogens with zero attached hydrogens (tertiary/aromatic N) is 2. The van der Waals surface area contributed by atoms with E-state index in [1.165, 1.54) is 0 Å². The highest BCUT2D eigenvalue weighted by Gasteiger charge is 2.36. The summed E-state index contributed by atoms with van der Waals surface area (Å²) in [5, 5.41) is 9.93. The second-order valence-corrected chi connectivity index (χ2v) is 17.1. The average molecular weight is 827 g/mol. The number of anilines is 4. The molecule has 0 fully saturated rings. The van der Waals surface area contributed by atoms with Crippen molar-refractivity contribution in [2.75, 3.05) is 108 Å². The summed E-state index contributed by atoms with van der Waals surface area (Å²) in [7, 11) is 10.6. The van der Waals surface area contributed by atoms with Gasteiger partial charge in [-0.1, -0.05) is 56.0 Å². The lowest BCUT2D eigenvalue weighted by atomic mass is 9.81. The van der Waals surface area contributed by atoms with Crippen molar-refractivity contribution in [3.05, 3.63) is 116 Å². The number of ketones is 4. The zero-order valence-corrected chi connectivity index (χ0v) is 36.1. The highest BCUT2D eigenvalue weighted by atomic mass is 32.1. The van der Waals surface area contributed by atoms with E-state index in [1.54, 1.807) is 55.6 Å². The number of nitrogens with two attached hydrogens (primary N) is 1. The quantitative estimate of drug-likeness (QED) is 0.0273. The van der Waals surface area contributed by atoms with Crippen LogP contribution in [0.15, 0.2) is 60.7 Å². The first kappa shape index (κ1) is 46.1. The predicted octanol–water partition coefficient (Wildman–Crippen LogP) is 7.42. The number of carbonyl (C=O) groups is 4. The van der Waals surface area contributed by atoms with Gasteiger partial charge in [0.15, 0.2) is 23.1 Å². The van der Waals surface area contributed by atoms with Gasteiger partial charge in [-0.15, -0.1) is 0 Å². The Morgan fingerprint density at radius 2 is 0.931 bits per heavy atom. The Labute approximate surface area is 356 Å². The molecule has 10 nitrogen and oxygen atoms in total. The number of carbonyl (C=O) groups excluding carboxylic acids is 4. The zero-order valence-electron chi connectivity index (χ0n) is 34.3. The van der Waals surface area contributed by atoms with Crippen molar-refractivity contribution >= 4 is 71.1 Å². The second-order valence-electron chi connectivity index (χ2n) is 16.2. The van der Waals surface area contributed by atoms with Crippen LogP contribution in [0.1, 0.15) is 95.1 Å². The summed E-state index contributed by atoms with van der Waals surface area (Å²) >= 11 is 8.66. The molecule has 2 aliphatic carbocycles. The summed E-state index contributed by atoms with van der Waals surface area (Å²) in [4.78, 5) is 52.7. The van der Waals surface area contributed by atoms with Crippen LogP contribution in [-0.2, 0) is 0 Å². The van der Waals surface area contributed by atoms with E-state index in [9.17, 15) is 19.2 Å². The number of fused-ring (bicyclic) bond motifs is 4. The third-order valence-electron chi connectivity index (χ3n) is 11.0. The van der Waals surface area contributed by atoms with Crippen LogP contribution in [0.4, 0.5) is 22.7 Å². The molecule has 310 valence electrons. The number of rotatable bonds is 15. The van der Waals surface area contributed by atoms with Crippen molar-refractivity contribution in [2.24, 2.45) is 0 Å². The number of nitrogens with one attached hydrogen (secondary N) is 3. The van der Waals surface area contributed by atoms with Gasteiger partial charge in [0.2, 0.25) is 0 Å². The van der Waals surface area contributed by atoms with Crippen LogP contribution in [0.2, 0.25) is 0 Å². The molecule has 2 aliphatic rings. The molecule has 0 aliphatic heterocycles. The molecule has 0 spiro atoms. The summed E-state index contributed by atoms with van der Waals surface area (Å²) < 4.78 is 1.81. The number of quaternary nitrogens is 2. The Bertz CT molecular complexity index is 2200. The monoisotopic (exact) mass is 826 g/mol. The fourth-order valence-electron chi connectivity index (χ4n) is 7.71. The van der Waals surface area contributed by atoms with Gasteiger partial charge in [0.25, 0.3) is 0 Å². The maximum atomic E-state index is 13.3. The zero-order chi connectivity index (χ0) is 41.7. The second kappa shape index (κ2) is 19.4. The van der Waals surface area contributed by atoms with Gasteiger partial charge in [-0.3, -0.25) is 19.2 Å². The van der Waals surface area contributed by atoms with Crippen LogP contribution in [0.3, 0.4) is 0 Å².